The molecule has 1 aromatic heterocycles. The number of halogens is 1. The third kappa shape index (κ3) is 3.94. The van der Waals surface area contributed by atoms with Gasteiger partial charge in [0.05, 0.1) is 13.2 Å². The van der Waals surface area contributed by atoms with E-state index in [1.165, 1.54) is 0 Å². The van der Waals surface area contributed by atoms with Gasteiger partial charge in [-0.1, -0.05) is 28.9 Å². The number of hydrogen-bond acceptors (Lipinski definition) is 4. The maximum absolute atomic E-state index is 8.61. The van der Waals surface area contributed by atoms with Crippen molar-refractivity contribution in [2.45, 2.75) is 13.2 Å². The van der Waals surface area contributed by atoms with E-state index in [1.807, 2.05) is 30.3 Å². The Kier molecular flexibility index (Phi) is 4.92. The van der Waals surface area contributed by atoms with Gasteiger partial charge in [0.2, 0.25) is 0 Å². The third-order valence-corrected chi connectivity index (χ3v) is 2.86. The Morgan fingerprint density at radius 1 is 1.25 bits per heavy atom. The van der Waals surface area contributed by atoms with Gasteiger partial charge < -0.3 is 15.7 Å². The number of amidine groups is 1. The van der Waals surface area contributed by atoms with Crippen LogP contribution in [-0.4, -0.2) is 16.0 Å². The van der Waals surface area contributed by atoms with E-state index in [-0.39, 0.29) is 5.84 Å². The Morgan fingerprint density at radius 3 is 2.70 bits per heavy atom. The number of pyridine rings is 1. The number of hydrogen-bond donors (Lipinski definition) is 2. The van der Waals surface area contributed by atoms with Crippen molar-refractivity contribution >= 4 is 17.4 Å². The zero-order chi connectivity index (χ0) is 14.4. The standard InChI is InChI=1S/C14H14ClN3O2/c15-12-3-1-2-10(6-12)8-20-9-11-4-5-17-13(7-11)14(16)18-19/h1-7,19H,8-9H2,(H2,16,18). The molecule has 0 amide bonds. The van der Waals surface area contributed by atoms with Crippen molar-refractivity contribution in [3.05, 3.63) is 64.4 Å². The van der Waals surface area contributed by atoms with Crippen LogP contribution in [0.15, 0.2) is 47.8 Å². The van der Waals surface area contributed by atoms with Crippen molar-refractivity contribution in [2.75, 3.05) is 0 Å². The van der Waals surface area contributed by atoms with Gasteiger partial charge in [0, 0.05) is 11.2 Å². The van der Waals surface area contributed by atoms with Gasteiger partial charge in [0.25, 0.3) is 0 Å². The highest BCUT2D eigenvalue weighted by Gasteiger charge is 2.03. The van der Waals surface area contributed by atoms with Gasteiger partial charge in [-0.05, 0) is 35.4 Å². The predicted octanol–water partition coefficient (Wildman–Crippen LogP) is 2.55. The molecule has 0 unspecified atom stereocenters. The number of nitrogens with zero attached hydrogens (tertiary/aromatic N) is 2. The van der Waals surface area contributed by atoms with Crippen LogP contribution in [0, 0.1) is 0 Å². The normalized spacial score (nSPS) is 11.6. The minimum atomic E-state index is -0.0262. The van der Waals surface area contributed by atoms with Crippen molar-refractivity contribution in [1.29, 1.82) is 0 Å². The van der Waals surface area contributed by atoms with Crippen molar-refractivity contribution in [3.63, 3.8) is 0 Å². The number of ether oxygens (including phenoxy) is 1. The highest BCUT2D eigenvalue weighted by atomic mass is 35.5. The lowest BCUT2D eigenvalue weighted by molar-refractivity contribution is 0.107. The molecule has 3 N–H and O–H groups in total. The van der Waals surface area contributed by atoms with E-state index in [0.29, 0.717) is 23.9 Å². The molecule has 0 fully saturated rings. The molecule has 1 aromatic carbocycles. The van der Waals surface area contributed by atoms with E-state index in [1.54, 1.807) is 12.3 Å². The molecule has 0 aliphatic heterocycles. The first-order valence-electron chi connectivity index (χ1n) is 5.94. The number of rotatable bonds is 5. The molecule has 0 saturated heterocycles. The molecule has 2 aromatic rings. The largest absolute Gasteiger partial charge is 0.409 e. The molecule has 104 valence electrons. The van der Waals surface area contributed by atoms with Crippen molar-refractivity contribution in [2.24, 2.45) is 10.9 Å². The maximum atomic E-state index is 8.61. The van der Waals surface area contributed by atoms with Gasteiger partial charge in [0.1, 0.15) is 5.69 Å². The highest BCUT2D eigenvalue weighted by molar-refractivity contribution is 6.30. The summed E-state index contributed by atoms with van der Waals surface area (Å²) in [5.41, 5.74) is 7.79. The Labute approximate surface area is 121 Å². The van der Waals surface area contributed by atoms with E-state index >= 15 is 0 Å². The Bertz CT molecular complexity index is 617. The van der Waals surface area contributed by atoms with Crippen molar-refractivity contribution in [1.82, 2.24) is 4.98 Å². The molecule has 5 nitrogen and oxygen atoms in total. The van der Waals surface area contributed by atoms with Crippen LogP contribution in [0.3, 0.4) is 0 Å². The second-order valence-electron chi connectivity index (χ2n) is 4.16. The quantitative estimate of drug-likeness (QED) is 0.384. The van der Waals surface area contributed by atoms with Crippen LogP contribution in [0.2, 0.25) is 5.02 Å². The van der Waals surface area contributed by atoms with Gasteiger partial charge in [0.15, 0.2) is 5.84 Å². The molecule has 0 saturated carbocycles. The van der Waals surface area contributed by atoms with Gasteiger partial charge >= 0.3 is 0 Å². The molecular formula is C14H14ClN3O2. The number of benzene rings is 1. The summed E-state index contributed by atoms with van der Waals surface area (Å²) < 4.78 is 5.60. The van der Waals surface area contributed by atoms with Crippen LogP contribution in [0.5, 0.6) is 0 Å². The molecule has 1 heterocycles. The van der Waals surface area contributed by atoms with Crippen LogP contribution in [0.25, 0.3) is 0 Å². The van der Waals surface area contributed by atoms with E-state index < -0.39 is 0 Å². The Hall–Kier alpha value is -2.11. The molecule has 0 aliphatic rings. The molecule has 20 heavy (non-hydrogen) atoms. The van der Waals surface area contributed by atoms with E-state index in [9.17, 15) is 0 Å². The lowest BCUT2D eigenvalue weighted by atomic mass is 10.2. The molecule has 0 atom stereocenters. The van der Waals surface area contributed by atoms with Crippen LogP contribution in [-0.2, 0) is 18.0 Å². The summed E-state index contributed by atoms with van der Waals surface area (Å²) in [4.78, 5) is 4.00. The predicted molar refractivity (Wildman–Crippen MR) is 76.7 cm³/mol. The van der Waals surface area contributed by atoms with Crippen LogP contribution in [0.1, 0.15) is 16.8 Å². The molecule has 6 heteroatoms. The van der Waals surface area contributed by atoms with Crippen LogP contribution in [0.4, 0.5) is 0 Å². The molecule has 0 bridgehead atoms. The first kappa shape index (κ1) is 14.3. The van der Waals surface area contributed by atoms with Crippen LogP contribution < -0.4 is 5.73 Å². The SMILES string of the molecule is NC(=NO)c1cc(COCc2cccc(Cl)c2)ccn1. The molecule has 0 aliphatic carbocycles. The molecule has 0 radical (unpaired) electrons. The fraction of sp³-hybridized carbons (Fsp3) is 0.143. The first-order chi connectivity index (χ1) is 9.69. The summed E-state index contributed by atoms with van der Waals surface area (Å²) >= 11 is 5.90. The minimum Gasteiger partial charge on any atom is -0.409 e. The van der Waals surface area contributed by atoms with E-state index in [4.69, 9.17) is 27.3 Å². The summed E-state index contributed by atoms with van der Waals surface area (Å²) in [5, 5.41) is 12.2. The van der Waals surface area contributed by atoms with Gasteiger partial charge in [-0.2, -0.15) is 0 Å². The highest BCUT2D eigenvalue weighted by Crippen LogP contribution is 2.12. The fourth-order valence-corrected chi connectivity index (χ4v) is 1.88. The van der Waals surface area contributed by atoms with Crippen molar-refractivity contribution in [3.8, 4) is 0 Å². The van der Waals surface area contributed by atoms with E-state index in [2.05, 4.69) is 10.1 Å². The van der Waals surface area contributed by atoms with E-state index in [0.717, 1.165) is 11.1 Å². The maximum Gasteiger partial charge on any atom is 0.188 e. The second-order valence-corrected chi connectivity index (χ2v) is 4.59. The average Bonchev–Trinajstić information content (AvgIpc) is 2.47. The van der Waals surface area contributed by atoms with Gasteiger partial charge in [-0.25, -0.2) is 0 Å². The third-order valence-electron chi connectivity index (χ3n) is 2.62. The lowest BCUT2D eigenvalue weighted by Crippen LogP contribution is -2.15. The number of aromatic nitrogens is 1. The summed E-state index contributed by atoms with van der Waals surface area (Å²) in [6.45, 7) is 0.864. The summed E-state index contributed by atoms with van der Waals surface area (Å²) in [6.07, 6.45) is 1.59. The summed E-state index contributed by atoms with van der Waals surface area (Å²) in [7, 11) is 0. The second kappa shape index (κ2) is 6.88. The minimum absolute atomic E-state index is 0.0262. The first-order valence-corrected chi connectivity index (χ1v) is 6.32. The van der Waals surface area contributed by atoms with Gasteiger partial charge in [-0.3, -0.25) is 4.98 Å². The fourth-order valence-electron chi connectivity index (χ4n) is 1.67. The number of oxime groups is 1. The molecule has 2 rings (SSSR count). The molecular weight excluding hydrogens is 278 g/mol. The van der Waals surface area contributed by atoms with Crippen molar-refractivity contribution < 1.29 is 9.94 Å². The zero-order valence-electron chi connectivity index (χ0n) is 10.7. The summed E-state index contributed by atoms with van der Waals surface area (Å²) in [5.74, 6) is -0.0262. The zero-order valence-corrected chi connectivity index (χ0v) is 11.4. The monoisotopic (exact) mass is 291 g/mol. The topological polar surface area (TPSA) is 80.7 Å². The molecule has 0 spiro atoms. The summed E-state index contributed by atoms with van der Waals surface area (Å²) in [6, 6.07) is 11.0. The lowest BCUT2D eigenvalue weighted by Gasteiger charge is -2.06. The van der Waals surface area contributed by atoms with Crippen LogP contribution >= 0.6 is 11.6 Å². The Balaban J connectivity index is 1.94. The number of nitrogens with two attached hydrogens (primary N) is 1. The Morgan fingerprint density at radius 2 is 2.00 bits per heavy atom. The average molecular weight is 292 g/mol. The van der Waals surface area contributed by atoms with Gasteiger partial charge in [-0.15, -0.1) is 0 Å². The smallest absolute Gasteiger partial charge is 0.188 e.